The highest BCUT2D eigenvalue weighted by atomic mass is 79.9. The summed E-state index contributed by atoms with van der Waals surface area (Å²) in [7, 11) is 0. The molecule has 5 heteroatoms. The zero-order valence-electron chi connectivity index (χ0n) is 22.2. The molecule has 2 aromatic carbocycles. The van der Waals surface area contributed by atoms with Gasteiger partial charge < -0.3 is 9.88 Å². The Kier molecular flexibility index (Phi) is 9.43. The summed E-state index contributed by atoms with van der Waals surface area (Å²) in [5.74, 6) is -0.198. The number of Topliss-reactive ketones (excluding diaryl/α,β-unsaturated/α-hetero) is 1. The van der Waals surface area contributed by atoms with Crippen LogP contribution in [0.25, 0.3) is 10.9 Å². The van der Waals surface area contributed by atoms with Crippen LogP contribution in [0.3, 0.4) is 0 Å². The van der Waals surface area contributed by atoms with Crippen molar-refractivity contribution in [2.75, 3.05) is 0 Å². The van der Waals surface area contributed by atoms with Crippen LogP contribution in [0.4, 0.5) is 0 Å². The summed E-state index contributed by atoms with van der Waals surface area (Å²) in [5, 5.41) is 4.04. The number of nitrogens with zero attached hydrogens (tertiary/aromatic N) is 1. The van der Waals surface area contributed by atoms with Crippen molar-refractivity contribution >= 4 is 38.5 Å². The maximum Gasteiger partial charge on any atom is 0.251 e. The third-order valence-corrected chi connectivity index (χ3v) is 7.05. The molecule has 3 rings (SSSR count). The number of amides is 1. The molecule has 0 unspecified atom stereocenters. The van der Waals surface area contributed by atoms with Crippen molar-refractivity contribution < 1.29 is 9.59 Å². The summed E-state index contributed by atoms with van der Waals surface area (Å²) in [5.41, 5.74) is 7.48. The Labute approximate surface area is 233 Å². The number of ketones is 1. The zero-order valence-corrected chi connectivity index (χ0v) is 23.8. The van der Waals surface area contributed by atoms with E-state index in [0.717, 1.165) is 37.8 Å². The van der Waals surface area contributed by atoms with Crippen LogP contribution in [0.15, 0.2) is 120 Å². The molecule has 0 aliphatic rings. The van der Waals surface area contributed by atoms with Crippen LogP contribution < -0.4 is 5.32 Å². The lowest BCUT2D eigenvalue weighted by molar-refractivity contribution is -0.113. The Morgan fingerprint density at radius 3 is 2.34 bits per heavy atom. The third-order valence-electron chi connectivity index (χ3n) is 6.53. The Bertz CT molecular complexity index is 1510. The van der Waals surface area contributed by atoms with Gasteiger partial charge in [0.25, 0.3) is 5.91 Å². The predicted molar refractivity (Wildman–Crippen MR) is 162 cm³/mol. The predicted octanol–water partition coefficient (Wildman–Crippen LogP) is 7.88. The molecule has 1 aromatic heterocycles. The molecule has 0 spiro atoms. The molecule has 4 nitrogen and oxygen atoms in total. The molecule has 0 bridgehead atoms. The molecule has 0 fully saturated rings. The number of hydrogen-bond donors (Lipinski definition) is 1. The van der Waals surface area contributed by atoms with Crippen molar-refractivity contribution in [3.05, 3.63) is 142 Å². The second-order valence-electron chi connectivity index (χ2n) is 9.21. The lowest BCUT2D eigenvalue weighted by Gasteiger charge is -2.11. The van der Waals surface area contributed by atoms with Gasteiger partial charge in [0.1, 0.15) is 0 Å². The van der Waals surface area contributed by atoms with Gasteiger partial charge in [-0.2, -0.15) is 0 Å². The fourth-order valence-electron chi connectivity index (χ4n) is 4.18. The number of rotatable bonds is 11. The van der Waals surface area contributed by atoms with Crippen LogP contribution >= 0.6 is 15.9 Å². The van der Waals surface area contributed by atoms with E-state index in [-0.39, 0.29) is 11.7 Å². The van der Waals surface area contributed by atoms with Crippen molar-refractivity contribution in [2.24, 2.45) is 0 Å². The second kappa shape index (κ2) is 12.5. The Hall–Kier alpha value is -3.96. The van der Waals surface area contributed by atoms with Crippen molar-refractivity contribution in [3.63, 3.8) is 0 Å². The fourth-order valence-corrected chi connectivity index (χ4v) is 4.44. The Morgan fingerprint density at radius 2 is 1.71 bits per heavy atom. The van der Waals surface area contributed by atoms with E-state index >= 15 is 0 Å². The minimum atomic E-state index is -0.110. The van der Waals surface area contributed by atoms with E-state index in [1.807, 2.05) is 54.6 Å². The van der Waals surface area contributed by atoms with Gasteiger partial charge in [0, 0.05) is 45.3 Å². The Balaban J connectivity index is 1.75. The number of fused-ring (bicyclic) bond motifs is 1. The molecule has 1 N–H and O–H groups in total. The van der Waals surface area contributed by atoms with Gasteiger partial charge in [-0.3, -0.25) is 9.59 Å². The van der Waals surface area contributed by atoms with Gasteiger partial charge in [-0.25, -0.2) is 0 Å². The van der Waals surface area contributed by atoms with Crippen LogP contribution in [0.5, 0.6) is 0 Å². The minimum Gasteiger partial charge on any atom is -0.348 e. The van der Waals surface area contributed by atoms with Gasteiger partial charge in [-0.1, -0.05) is 78.7 Å². The number of halogens is 1. The smallest absolute Gasteiger partial charge is 0.251 e. The highest BCUT2D eigenvalue weighted by Crippen LogP contribution is 2.28. The molecular weight excluding hydrogens is 536 g/mol. The zero-order chi connectivity index (χ0) is 28.0. The van der Waals surface area contributed by atoms with Crippen LogP contribution in [0.2, 0.25) is 0 Å². The second-order valence-corrected chi connectivity index (χ2v) is 10.1. The molecule has 0 aliphatic heterocycles. The summed E-state index contributed by atoms with van der Waals surface area (Å²) in [6, 6.07) is 13.7. The van der Waals surface area contributed by atoms with E-state index in [4.69, 9.17) is 0 Å². The number of nitrogens with one attached hydrogen (secondary N) is 1. The molecule has 194 valence electrons. The normalized spacial score (nSPS) is 11.5. The van der Waals surface area contributed by atoms with E-state index in [9.17, 15) is 9.59 Å². The lowest BCUT2D eigenvalue weighted by Crippen LogP contribution is -2.22. The summed E-state index contributed by atoms with van der Waals surface area (Å²) in [6.07, 6.45) is 6.93. The monoisotopic (exact) mass is 568 g/mol. The molecule has 1 amide bonds. The molecule has 38 heavy (non-hydrogen) atoms. The maximum absolute atomic E-state index is 12.8. The van der Waals surface area contributed by atoms with Crippen molar-refractivity contribution in [2.45, 2.75) is 33.9 Å². The lowest BCUT2D eigenvalue weighted by atomic mass is 9.96. The SMILES string of the molecule is C=C/C=C(\C(=C)C(=C)/C=C\C(=C)Cn1c(C)c(C)c2cc(C(=O)NCc3ccc(Br)cc3)ccc21)C(C)=O. The highest BCUT2D eigenvalue weighted by Gasteiger charge is 2.15. The average Bonchev–Trinajstić information content (AvgIpc) is 3.13. The van der Waals surface area contributed by atoms with Gasteiger partial charge in [-0.05, 0) is 78.9 Å². The van der Waals surface area contributed by atoms with E-state index in [1.165, 1.54) is 6.92 Å². The number of carbonyl (C=O) groups is 2. The van der Waals surface area contributed by atoms with Crippen LogP contribution in [0.1, 0.15) is 34.1 Å². The molecule has 0 atom stereocenters. The number of allylic oxidation sites excluding steroid dienone is 8. The average molecular weight is 570 g/mol. The molecule has 0 aliphatic carbocycles. The number of benzene rings is 2. The van der Waals surface area contributed by atoms with Gasteiger partial charge in [0.15, 0.2) is 5.78 Å². The number of aromatic nitrogens is 1. The molecule has 0 radical (unpaired) electrons. The van der Waals surface area contributed by atoms with Crippen molar-refractivity contribution in [3.8, 4) is 0 Å². The first-order valence-corrected chi connectivity index (χ1v) is 13.0. The molecule has 1 heterocycles. The van der Waals surface area contributed by atoms with E-state index < -0.39 is 0 Å². The number of aryl methyl sites for hydroxylation is 1. The third kappa shape index (κ3) is 6.67. The maximum atomic E-state index is 12.8. The standard InChI is InChI=1S/C33H33BrN2O2/c1-8-9-30(26(7)37)23(4)22(3)11-10-21(2)20-36-25(6)24(5)31-18-28(14-17-32(31)36)33(38)35-19-27-12-15-29(34)16-13-27/h8-18H,1-4,19-20H2,5-7H3,(H,35,38)/b11-10-,30-9+. The van der Waals surface area contributed by atoms with Crippen molar-refractivity contribution in [1.29, 1.82) is 0 Å². The summed E-state index contributed by atoms with van der Waals surface area (Å²) >= 11 is 3.43. The molecular formula is C33H33BrN2O2. The van der Waals surface area contributed by atoms with E-state index in [2.05, 4.69) is 66.0 Å². The fraction of sp³-hybridized carbons (Fsp3) is 0.152. The number of hydrogen-bond acceptors (Lipinski definition) is 2. The van der Waals surface area contributed by atoms with Crippen molar-refractivity contribution in [1.82, 2.24) is 9.88 Å². The molecule has 0 saturated heterocycles. The van der Waals surface area contributed by atoms with Gasteiger partial charge >= 0.3 is 0 Å². The van der Waals surface area contributed by atoms with Gasteiger partial charge in [0.2, 0.25) is 0 Å². The van der Waals surface area contributed by atoms with Crippen LogP contribution in [0, 0.1) is 13.8 Å². The first-order valence-electron chi connectivity index (χ1n) is 12.2. The summed E-state index contributed by atoms with van der Waals surface area (Å²) in [6.45, 7) is 22.6. The van der Waals surface area contributed by atoms with Crippen LogP contribution in [-0.2, 0) is 17.9 Å². The Morgan fingerprint density at radius 1 is 1.03 bits per heavy atom. The summed E-state index contributed by atoms with van der Waals surface area (Å²) < 4.78 is 3.20. The molecule has 0 saturated carbocycles. The number of carbonyl (C=O) groups excluding carboxylic acids is 2. The largest absolute Gasteiger partial charge is 0.348 e. The minimum absolute atomic E-state index is 0.0884. The quantitative estimate of drug-likeness (QED) is 0.189. The first kappa shape index (κ1) is 28.6. The molecule has 3 aromatic rings. The topological polar surface area (TPSA) is 51.1 Å². The highest BCUT2D eigenvalue weighted by molar-refractivity contribution is 9.10. The van der Waals surface area contributed by atoms with Crippen LogP contribution in [-0.4, -0.2) is 16.3 Å². The van der Waals surface area contributed by atoms with Gasteiger partial charge in [-0.15, -0.1) is 0 Å². The van der Waals surface area contributed by atoms with E-state index in [0.29, 0.717) is 35.4 Å². The van der Waals surface area contributed by atoms with Gasteiger partial charge in [0.05, 0.1) is 0 Å². The summed E-state index contributed by atoms with van der Waals surface area (Å²) in [4.78, 5) is 24.8. The first-order chi connectivity index (χ1) is 18.0. The van der Waals surface area contributed by atoms with E-state index in [1.54, 1.807) is 12.2 Å².